The van der Waals surface area contributed by atoms with Gasteiger partial charge in [-0.2, -0.15) is 0 Å². The minimum absolute atomic E-state index is 0.110. The van der Waals surface area contributed by atoms with Crippen LogP contribution in [0.25, 0.3) is 22.3 Å². The minimum atomic E-state index is -1.79. The largest absolute Gasteiger partial charge is 0.469 e. The van der Waals surface area contributed by atoms with Crippen molar-refractivity contribution in [2.24, 2.45) is 0 Å². The summed E-state index contributed by atoms with van der Waals surface area (Å²) in [5.41, 5.74) is 0.453. The van der Waals surface area contributed by atoms with E-state index < -0.39 is 17.0 Å². The topological polar surface area (TPSA) is 119 Å². The van der Waals surface area contributed by atoms with E-state index in [0.29, 0.717) is 23.4 Å². The van der Waals surface area contributed by atoms with Gasteiger partial charge in [0.25, 0.3) is 5.56 Å². The van der Waals surface area contributed by atoms with Crippen LogP contribution in [0.2, 0.25) is 0 Å². The number of benzene rings is 1. The maximum Gasteiger partial charge on any atom is 0.401 e. The number of carbonyl (C=O) groups is 2. The van der Waals surface area contributed by atoms with Crippen LogP contribution in [0, 0.1) is 0 Å². The molecule has 0 radical (unpaired) electrons. The highest BCUT2D eigenvalue weighted by Gasteiger charge is 2.45. The molecule has 1 atom stereocenters. The molecule has 0 spiro atoms. The third kappa shape index (κ3) is 3.05. The van der Waals surface area contributed by atoms with Crippen molar-refractivity contribution in [3.63, 3.8) is 0 Å². The highest BCUT2D eigenvalue weighted by Crippen LogP contribution is 2.38. The van der Waals surface area contributed by atoms with Crippen molar-refractivity contribution in [3.8, 4) is 11.4 Å². The van der Waals surface area contributed by atoms with E-state index in [1.165, 1.54) is 0 Å². The molecule has 0 bridgehead atoms. The Kier molecular flexibility index (Phi) is 4.83. The van der Waals surface area contributed by atoms with E-state index in [9.17, 15) is 14.7 Å². The number of para-hydroxylation sites is 1. The predicted molar refractivity (Wildman–Crippen MR) is 108 cm³/mol. The van der Waals surface area contributed by atoms with Gasteiger partial charge < -0.3 is 19.5 Å². The maximum atomic E-state index is 13.0. The van der Waals surface area contributed by atoms with E-state index in [2.05, 4.69) is 11.6 Å². The van der Waals surface area contributed by atoms with Gasteiger partial charge in [-0.15, -0.1) is 0 Å². The van der Waals surface area contributed by atoms with Gasteiger partial charge in [0.15, 0.2) is 5.60 Å². The Labute approximate surface area is 175 Å². The molecule has 0 aliphatic carbocycles. The summed E-state index contributed by atoms with van der Waals surface area (Å²) in [5, 5.41) is 19.0. The number of ether oxygens (including phenoxy) is 1. The van der Waals surface area contributed by atoms with Gasteiger partial charge in [0.05, 0.1) is 29.0 Å². The van der Waals surface area contributed by atoms with E-state index in [4.69, 9.17) is 19.6 Å². The molecule has 0 saturated carbocycles. The lowest BCUT2D eigenvalue weighted by atomic mass is 9.86. The molecule has 0 fully saturated rings. The molecule has 4 heterocycles. The first-order valence-electron chi connectivity index (χ1n) is 9.20. The number of pyridine rings is 2. The van der Waals surface area contributed by atoms with Crippen LogP contribution < -0.4 is 5.56 Å². The molecule has 2 aliphatic rings. The molecule has 9 heteroatoms. The number of aliphatic hydroxyl groups is 1. The van der Waals surface area contributed by atoms with Crippen molar-refractivity contribution in [3.05, 3.63) is 63.4 Å². The summed E-state index contributed by atoms with van der Waals surface area (Å²) < 4.78 is 6.72. The molecule has 5 rings (SSSR count). The maximum absolute atomic E-state index is 13.0. The van der Waals surface area contributed by atoms with Gasteiger partial charge in [-0.1, -0.05) is 25.1 Å². The molecule has 8 nitrogen and oxygen atoms in total. The predicted octanol–water partition coefficient (Wildman–Crippen LogP) is 2.98. The molecule has 0 unspecified atom stereocenters. The Bertz CT molecular complexity index is 1260. The fraction of sp³-hybridized carbons (Fsp3) is 0.238. The molecular formula is C21H17ClN2O6. The third-order valence-corrected chi connectivity index (χ3v) is 5.42. The average molecular weight is 429 g/mol. The molecule has 2 N–H and O–H groups in total. The van der Waals surface area contributed by atoms with Gasteiger partial charge in [0, 0.05) is 28.1 Å². The SMILES string of the molecule is CC[C@@]1(O)C(=O)OCc2c1cc1n(c2=O)Cc2cc3ccccc3nc2-1.O=C(O)Cl. The summed E-state index contributed by atoms with van der Waals surface area (Å²) in [6, 6.07) is 11.6. The normalized spacial score (nSPS) is 18.6. The number of nitrogens with zero attached hydrogens (tertiary/aromatic N) is 2. The summed E-state index contributed by atoms with van der Waals surface area (Å²) in [4.78, 5) is 38.6. The average Bonchev–Trinajstić information content (AvgIpc) is 3.07. The van der Waals surface area contributed by atoms with Gasteiger partial charge in [-0.05, 0) is 24.6 Å². The van der Waals surface area contributed by atoms with Crippen LogP contribution in [0.1, 0.15) is 30.0 Å². The van der Waals surface area contributed by atoms with Crippen LogP contribution in [0.5, 0.6) is 0 Å². The Morgan fingerprint density at radius 1 is 1.30 bits per heavy atom. The summed E-state index contributed by atoms with van der Waals surface area (Å²) in [6.07, 6.45) is 0.139. The van der Waals surface area contributed by atoms with Crippen LogP contribution in [-0.4, -0.2) is 31.2 Å². The van der Waals surface area contributed by atoms with E-state index >= 15 is 0 Å². The van der Waals surface area contributed by atoms with Gasteiger partial charge in [0.1, 0.15) is 6.61 Å². The lowest BCUT2D eigenvalue weighted by Crippen LogP contribution is -2.44. The number of fused-ring (bicyclic) bond motifs is 5. The van der Waals surface area contributed by atoms with Crippen LogP contribution in [0.15, 0.2) is 41.2 Å². The van der Waals surface area contributed by atoms with Gasteiger partial charge in [-0.3, -0.25) is 4.79 Å². The molecule has 30 heavy (non-hydrogen) atoms. The van der Waals surface area contributed by atoms with Crippen molar-refractivity contribution in [2.45, 2.75) is 32.1 Å². The monoisotopic (exact) mass is 428 g/mol. The summed E-state index contributed by atoms with van der Waals surface area (Å²) in [5.74, 6) is -0.707. The third-order valence-electron chi connectivity index (χ3n) is 5.42. The van der Waals surface area contributed by atoms with Crippen molar-refractivity contribution >= 4 is 33.9 Å². The van der Waals surface area contributed by atoms with Crippen LogP contribution in [0.4, 0.5) is 4.79 Å². The molecule has 3 aromatic rings. The standard InChI is InChI=1S/C20H16N2O4.CHClO2/c1-2-20(25)14-8-16-17-12(7-11-5-3-4-6-15(11)21-17)9-22(16)18(23)13(14)10-26-19(20)24;2-1(3)4/h3-8,25H,2,9-10H2,1H3;(H,3,4)/t20-;/m0./s1. The zero-order valence-electron chi connectivity index (χ0n) is 15.9. The van der Waals surface area contributed by atoms with Crippen LogP contribution >= 0.6 is 11.6 Å². The first kappa shape index (κ1) is 20.1. The molecule has 0 saturated heterocycles. The van der Waals surface area contributed by atoms with E-state index in [-0.39, 0.29) is 18.6 Å². The Morgan fingerprint density at radius 2 is 2.00 bits per heavy atom. The lowest BCUT2D eigenvalue weighted by Gasteiger charge is -2.31. The highest BCUT2D eigenvalue weighted by atomic mass is 35.5. The number of cyclic esters (lactones) is 1. The Balaban J connectivity index is 0.000000503. The second-order valence-electron chi connectivity index (χ2n) is 7.04. The Hall–Kier alpha value is -3.23. The molecular weight excluding hydrogens is 412 g/mol. The Morgan fingerprint density at radius 3 is 2.70 bits per heavy atom. The molecule has 2 aromatic heterocycles. The fourth-order valence-corrected chi connectivity index (χ4v) is 3.93. The zero-order valence-corrected chi connectivity index (χ0v) is 16.6. The first-order chi connectivity index (χ1) is 14.3. The quantitative estimate of drug-likeness (QED) is 0.353. The number of esters is 1. The van der Waals surface area contributed by atoms with Crippen LogP contribution in [-0.2, 0) is 28.3 Å². The number of carbonyl (C=O) groups excluding carboxylic acids is 1. The van der Waals surface area contributed by atoms with Crippen molar-refractivity contribution in [1.29, 1.82) is 0 Å². The number of aromatic nitrogens is 2. The summed E-state index contributed by atoms with van der Waals surface area (Å²) >= 11 is 4.19. The second kappa shape index (κ2) is 7.23. The zero-order chi connectivity index (χ0) is 21.6. The van der Waals surface area contributed by atoms with Gasteiger partial charge in [-0.25, -0.2) is 14.6 Å². The summed E-state index contributed by atoms with van der Waals surface area (Å²) in [6.45, 7) is 2.01. The van der Waals surface area contributed by atoms with Crippen molar-refractivity contribution in [1.82, 2.24) is 9.55 Å². The smallest absolute Gasteiger partial charge is 0.401 e. The molecule has 0 amide bonds. The highest BCUT2D eigenvalue weighted by molar-refractivity contribution is 6.60. The number of hydrogen-bond donors (Lipinski definition) is 2. The number of halogens is 1. The second-order valence-corrected chi connectivity index (χ2v) is 7.37. The van der Waals surface area contributed by atoms with Crippen molar-refractivity contribution < 1.29 is 24.5 Å². The van der Waals surface area contributed by atoms with Crippen molar-refractivity contribution in [2.75, 3.05) is 0 Å². The molecule has 2 aliphatic heterocycles. The number of hydrogen-bond acceptors (Lipinski definition) is 6. The van der Waals surface area contributed by atoms with E-state index in [1.54, 1.807) is 17.6 Å². The first-order valence-corrected chi connectivity index (χ1v) is 9.58. The van der Waals surface area contributed by atoms with E-state index in [0.717, 1.165) is 22.2 Å². The number of carboxylic acid groups (broad SMARTS) is 1. The van der Waals surface area contributed by atoms with E-state index in [1.807, 2.05) is 30.3 Å². The lowest BCUT2D eigenvalue weighted by molar-refractivity contribution is -0.172. The fourth-order valence-electron chi connectivity index (χ4n) is 3.93. The van der Waals surface area contributed by atoms with Crippen LogP contribution in [0.3, 0.4) is 0 Å². The molecule has 1 aromatic carbocycles. The van der Waals surface area contributed by atoms with Gasteiger partial charge >= 0.3 is 11.4 Å². The van der Waals surface area contributed by atoms with Gasteiger partial charge in [0.2, 0.25) is 0 Å². The number of rotatable bonds is 1. The summed E-state index contributed by atoms with van der Waals surface area (Å²) in [7, 11) is 0. The molecule has 154 valence electrons. The minimum Gasteiger partial charge on any atom is -0.469 e.